The van der Waals surface area contributed by atoms with Gasteiger partial charge in [0.2, 0.25) is 0 Å². The van der Waals surface area contributed by atoms with Crippen LogP contribution in [0, 0.1) is 5.92 Å². The topological polar surface area (TPSA) is 84.3 Å². The zero-order chi connectivity index (χ0) is 12.8. The van der Waals surface area contributed by atoms with Crippen molar-refractivity contribution < 1.29 is 14.6 Å². The number of hydrogen-bond donors (Lipinski definition) is 2. The number of aromatic carboxylic acids is 1. The maximum absolute atomic E-state index is 10.9. The maximum atomic E-state index is 10.9. The average Bonchev–Trinajstić information content (AvgIpc) is 3.18. The highest BCUT2D eigenvalue weighted by molar-refractivity contribution is 5.88. The van der Waals surface area contributed by atoms with Crippen molar-refractivity contribution in [2.45, 2.75) is 19.4 Å². The van der Waals surface area contributed by atoms with Crippen molar-refractivity contribution in [1.29, 1.82) is 0 Å². The summed E-state index contributed by atoms with van der Waals surface area (Å²) in [4.78, 5) is 18.6. The van der Waals surface area contributed by atoms with Crippen LogP contribution in [0.4, 0.5) is 0 Å². The molecule has 1 fully saturated rings. The van der Waals surface area contributed by atoms with Crippen LogP contribution in [0.15, 0.2) is 12.5 Å². The van der Waals surface area contributed by atoms with Crippen LogP contribution in [0.1, 0.15) is 28.9 Å². The van der Waals surface area contributed by atoms with Crippen LogP contribution in [-0.2, 0) is 11.3 Å². The largest absolute Gasteiger partial charge is 0.478 e. The van der Waals surface area contributed by atoms with Gasteiger partial charge in [-0.25, -0.2) is 14.8 Å². The summed E-state index contributed by atoms with van der Waals surface area (Å²) in [6.07, 6.45) is 5.25. The minimum Gasteiger partial charge on any atom is -0.478 e. The molecule has 0 amide bonds. The molecule has 6 heteroatoms. The second-order valence-electron chi connectivity index (χ2n) is 4.38. The Kier molecular flexibility index (Phi) is 4.60. The van der Waals surface area contributed by atoms with E-state index >= 15 is 0 Å². The van der Waals surface area contributed by atoms with Gasteiger partial charge in [0.25, 0.3) is 0 Å². The molecule has 0 radical (unpaired) electrons. The molecule has 2 rings (SSSR count). The van der Waals surface area contributed by atoms with Gasteiger partial charge in [0.05, 0.1) is 12.3 Å². The Bertz CT molecular complexity index is 407. The molecule has 0 aromatic carbocycles. The van der Waals surface area contributed by atoms with Gasteiger partial charge in [-0.3, -0.25) is 0 Å². The van der Waals surface area contributed by atoms with E-state index in [0.29, 0.717) is 25.4 Å². The molecule has 1 aromatic rings. The Morgan fingerprint density at radius 2 is 2.39 bits per heavy atom. The number of carbonyl (C=O) groups is 1. The Morgan fingerprint density at radius 3 is 3.11 bits per heavy atom. The van der Waals surface area contributed by atoms with Crippen LogP contribution in [0.25, 0.3) is 0 Å². The smallest absolute Gasteiger partial charge is 0.339 e. The Labute approximate surface area is 105 Å². The molecule has 98 valence electrons. The molecular formula is C12H17N3O3. The number of rotatable bonds is 8. The lowest BCUT2D eigenvalue weighted by molar-refractivity contribution is 0.0694. The Morgan fingerprint density at radius 1 is 1.56 bits per heavy atom. The molecule has 0 unspecified atom stereocenters. The van der Waals surface area contributed by atoms with Gasteiger partial charge in [-0.1, -0.05) is 0 Å². The van der Waals surface area contributed by atoms with Gasteiger partial charge in [-0.05, 0) is 18.8 Å². The number of nitrogens with one attached hydrogen (secondary N) is 1. The molecule has 1 aliphatic carbocycles. The number of carboxylic acid groups (broad SMARTS) is 1. The highest BCUT2D eigenvalue weighted by Gasteiger charge is 2.20. The van der Waals surface area contributed by atoms with Crippen LogP contribution in [0.3, 0.4) is 0 Å². The highest BCUT2D eigenvalue weighted by atomic mass is 16.5. The van der Waals surface area contributed by atoms with Gasteiger partial charge in [0.15, 0.2) is 0 Å². The summed E-state index contributed by atoms with van der Waals surface area (Å²) in [6.45, 7) is 2.59. The van der Waals surface area contributed by atoms with E-state index in [-0.39, 0.29) is 5.56 Å². The third-order valence-electron chi connectivity index (χ3n) is 2.79. The molecule has 1 heterocycles. The quantitative estimate of drug-likeness (QED) is 0.661. The second-order valence-corrected chi connectivity index (χ2v) is 4.38. The molecule has 2 N–H and O–H groups in total. The zero-order valence-corrected chi connectivity index (χ0v) is 10.1. The standard InChI is InChI=1S/C12H17N3O3/c16-12(17)10-5-14-8-15-11(10)6-13-3-4-18-7-9-1-2-9/h5,8-9,13H,1-4,6-7H2,(H,16,17). The van der Waals surface area contributed by atoms with E-state index in [4.69, 9.17) is 9.84 Å². The fourth-order valence-corrected chi connectivity index (χ4v) is 1.56. The van der Waals surface area contributed by atoms with E-state index in [1.807, 2.05) is 0 Å². The minimum atomic E-state index is -1.00. The van der Waals surface area contributed by atoms with Crippen LogP contribution < -0.4 is 5.32 Å². The summed E-state index contributed by atoms with van der Waals surface area (Å²) < 4.78 is 5.46. The highest BCUT2D eigenvalue weighted by Crippen LogP contribution is 2.28. The van der Waals surface area contributed by atoms with Gasteiger partial charge in [0.1, 0.15) is 11.9 Å². The molecule has 0 saturated heterocycles. The predicted octanol–water partition coefficient (Wildman–Crippen LogP) is 0.691. The van der Waals surface area contributed by atoms with E-state index in [9.17, 15) is 4.79 Å². The normalized spacial score (nSPS) is 14.7. The van der Waals surface area contributed by atoms with Gasteiger partial charge < -0.3 is 15.2 Å². The molecule has 0 aliphatic heterocycles. The molecule has 18 heavy (non-hydrogen) atoms. The summed E-state index contributed by atoms with van der Waals surface area (Å²) in [5.74, 6) is -0.233. The van der Waals surface area contributed by atoms with Crippen molar-refractivity contribution >= 4 is 5.97 Å². The third-order valence-corrected chi connectivity index (χ3v) is 2.79. The molecule has 0 bridgehead atoms. The molecule has 1 saturated carbocycles. The van der Waals surface area contributed by atoms with Crippen LogP contribution >= 0.6 is 0 Å². The van der Waals surface area contributed by atoms with E-state index in [0.717, 1.165) is 12.5 Å². The monoisotopic (exact) mass is 251 g/mol. The van der Waals surface area contributed by atoms with E-state index in [2.05, 4.69) is 15.3 Å². The lowest BCUT2D eigenvalue weighted by Gasteiger charge is -2.07. The molecule has 1 aliphatic rings. The summed E-state index contributed by atoms with van der Waals surface area (Å²) in [5, 5.41) is 12.1. The lowest BCUT2D eigenvalue weighted by Crippen LogP contribution is -2.22. The van der Waals surface area contributed by atoms with Crippen LogP contribution in [0.5, 0.6) is 0 Å². The fraction of sp³-hybridized carbons (Fsp3) is 0.583. The van der Waals surface area contributed by atoms with Crippen molar-refractivity contribution in [1.82, 2.24) is 15.3 Å². The first kappa shape index (κ1) is 12.9. The average molecular weight is 251 g/mol. The second kappa shape index (κ2) is 6.42. The minimum absolute atomic E-state index is 0.142. The van der Waals surface area contributed by atoms with E-state index < -0.39 is 5.97 Å². The molecule has 0 atom stereocenters. The summed E-state index contributed by atoms with van der Waals surface area (Å²) >= 11 is 0. The molecular weight excluding hydrogens is 234 g/mol. The van der Waals surface area contributed by atoms with Crippen molar-refractivity contribution in [3.63, 3.8) is 0 Å². The van der Waals surface area contributed by atoms with Crippen molar-refractivity contribution in [3.05, 3.63) is 23.8 Å². The van der Waals surface area contributed by atoms with Gasteiger partial charge in [-0.15, -0.1) is 0 Å². The van der Waals surface area contributed by atoms with E-state index in [1.165, 1.54) is 25.4 Å². The summed E-state index contributed by atoms with van der Waals surface area (Å²) in [6, 6.07) is 0. The number of hydrogen-bond acceptors (Lipinski definition) is 5. The lowest BCUT2D eigenvalue weighted by atomic mass is 10.2. The van der Waals surface area contributed by atoms with Gasteiger partial charge in [0, 0.05) is 25.9 Å². The van der Waals surface area contributed by atoms with Crippen LogP contribution in [0.2, 0.25) is 0 Å². The Hall–Kier alpha value is -1.53. The predicted molar refractivity (Wildman–Crippen MR) is 64.2 cm³/mol. The zero-order valence-electron chi connectivity index (χ0n) is 10.1. The maximum Gasteiger partial charge on any atom is 0.339 e. The fourth-order valence-electron chi connectivity index (χ4n) is 1.56. The summed E-state index contributed by atoms with van der Waals surface area (Å²) in [7, 11) is 0. The first-order chi connectivity index (χ1) is 8.77. The molecule has 6 nitrogen and oxygen atoms in total. The number of carboxylic acids is 1. The first-order valence-electron chi connectivity index (χ1n) is 6.08. The van der Waals surface area contributed by atoms with Crippen LogP contribution in [-0.4, -0.2) is 40.8 Å². The molecule has 1 aromatic heterocycles. The van der Waals surface area contributed by atoms with E-state index in [1.54, 1.807) is 0 Å². The van der Waals surface area contributed by atoms with Gasteiger partial charge in [-0.2, -0.15) is 0 Å². The SMILES string of the molecule is O=C(O)c1cncnc1CNCCOCC1CC1. The third kappa shape index (κ3) is 4.05. The van der Waals surface area contributed by atoms with Crippen molar-refractivity contribution in [2.24, 2.45) is 5.92 Å². The first-order valence-corrected chi connectivity index (χ1v) is 6.08. The summed E-state index contributed by atoms with van der Waals surface area (Å²) in [5.41, 5.74) is 0.642. The van der Waals surface area contributed by atoms with Crippen molar-refractivity contribution in [2.75, 3.05) is 19.8 Å². The van der Waals surface area contributed by atoms with Crippen molar-refractivity contribution in [3.8, 4) is 0 Å². The Balaban J connectivity index is 1.67. The number of aromatic nitrogens is 2. The number of ether oxygens (including phenoxy) is 1. The van der Waals surface area contributed by atoms with Gasteiger partial charge >= 0.3 is 5.97 Å². The molecule has 0 spiro atoms. The number of nitrogens with zero attached hydrogens (tertiary/aromatic N) is 2.